The predicted molar refractivity (Wildman–Crippen MR) is 114 cm³/mol. The van der Waals surface area contributed by atoms with Crippen LogP contribution in [-0.2, 0) is 14.6 Å². The van der Waals surface area contributed by atoms with Gasteiger partial charge in [0.25, 0.3) is 0 Å². The van der Waals surface area contributed by atoms with Crippen molar-refractivity contribution >= 4 is 33.1 Å². The Bertz CT molecular complexity index is 956. The van der Waals surface area contributed by atoms with Gasteiger partial charge in [-0.1, -0.05) is 18.2 Å². The third-order valence-corrected chi connectivity index (χ3v) is 7.04. The molecule has 0 spiro atoms. The summed E-state index contributed by atoms with van der Waals surface area (Å²) < 4.78 is 29.7. The van der Waals surface area contributed by atoms with Gasteiger partial charge in [0.15, 0.2) is 15.8 Å². The number of rotatable bonds is 8. The zero-order valence-electron chi connectivity index (χ0n) is 16.9. The number of sulfone groups is 1. The fourth-order valence-electron chi connectivity index (χ4n) is 2.50. The highest BCUT2D eigenvalue weighted by atomic mass is 32.2. The minimum Gasteiger partial charge on any atom is -0.462 e. The molecule has 2 aromatic rings. The van der Waals surface area contributed by atoms with Gasteiger partial charge in [-0.2, -0.15) is 0 Å². The van der Waals surface area contributed by atoms with Crippen LogP contribution in [0.5, 0.6) is 0 Å². The molecule has 1 aromatic carbocycles. The quantitative estimate of drug-likeness (QED) is 0.370. The number of guanidine groups is 1. The van der Waals surface area contributed by atoms with Crippen molar-refractivity contribution in [2.45, 2.75) is 31.7 Å². The Morgan fingerprint density at radius 3 is 2.62 bits per heavy atom. The predicted octanol–water partition coefficient (Wildman–Crippen LogP) is 2.33. The molecular formula is C19H26N4O4S2. The summed E-state index contributed by atoms with van der Waals surface area (Å²) in [5.41, 5.74) is 0.619. The average Bonchev–Trinajstić information content (AvgIpc) is 3.10. The Balaban J connectivity index is 1.95. The molecule has 10 heteroatoms. The van der Waals surface area contributed by atoms with Crippen LogP contribution in [0.4, 0.5) is 0 Å². The maximum Gasteiger partial charge on any atom is 0.350 e. The van der Waals surface area contributed by atoms with Crippen molar-refractivity contribution < 1.29 is 17.9 Å². The van der Waals surface area contributed by atoms with Crippen molar-refractivity contribution in [2.75, 3.05) is 26.0 Å². The Labute approximate surface area is 175 Å². The molecule has 1 heterocycles. The molecule has 0 fully saturated rings. The van der Waals surface area contributed by atoms with Crippen LogP contribution < -0.4 is 10.6 Å². The highest BCUT2D eigenvalue weighted by Gasteiger charge is 2.20. The standard InChI is InChI=1S/C19H26N4O4S2/c1-5-27-18(24)16-13(2)22-17(28-16)14(3)23-19(20-4)21-11-12-29(25,26)15-9-7-6-8-10-15/h6-10,14H,5,11-12H2,1-4H3,(H2,20,21,23). The van der Waals surface area contributed by atoms with E-state index < -0.39 is 9.84 Å². The van der Waals surface area contributed by atoms with Gasteiger partial charge in [-0.3, -0.25) is 4.99 Å². The summed E-state index contributed by atoms with van der Waals surface area (Å²) in [6.07, 6.45) is 0. The van der Waals surface area contributed by atoms with E-state index in [0.29, 0.717) is 33.0 Å². The minimum atomic E-state index is -3.37. The lowest BCUT2D eigenvalue weighted by atomic mass is 10.3. The van der Waals surface area contributed by atoms with E-state index in [2.05, 4.69) is 20.6 Å². The van der Waals surface area contributed by atoms with Gasteiger partial charge in [0.1, 0.15) is 9.88 Å². The van der Waals surface area contributed by atoms with Crippen LogP contribution in [0.1, 0.15) is 40.3 Å². The molecule has 1 atom stereocenters. The SMILES string of the molecule is CCOC(=O)c1sc(C(C)NC(=NC)NCCS(=O)(=O)c2ccccc2)nc1C. The van der Waals surface area contributed by atoms with E-state index in [-0.39, 0.29) is 24.3 Å². The lowest BCUT2D eigenvalue weighted by molar-refractivity contribution is 0.0531. The summed E-state index contributed by atoms with van der Waals surface area (Å²) in [6, 6.07) is 8.11. The largest absolute Gasteiger partial charge is 0.462 e. The fourth-order valence-corrected chi connectivity index (χ4v) is 4.64. The van der Waals surface area contributed by atoms with Crippen molar-refractivity contribution in [1.29, 1.82) is 0 Å². The molecule has 1 aromatic heterocycles. The number of thiazole rings is 1. The van der Waals surface area contributed by atoms with E-state index in [1.54, 1.807) is 51.2 Å². The number of benzene rings is 1. The Kier molecular flexibility index (Phi) is 8.15. The first-order valence-corrected chi connectivity index (χ1v) is 11.6. The second-order valence-electron chi connectivity index (χ2n) is 6.18. The third kappa shape index (κ3) is 6.26. The van der Waals surface area contributed by atoms with Gasteiger partial charge >= 0.3 is 5.97 Å². The molecule has 8 nitrogen and oxygen atoms in total. The number of ether oxygens (including phenoxy) is 1. The van der Waals surface area contributed by atoms with E-state index in [1.165, 1.54) is 11.3 Å². The summed E-state index contributed by atoms with van der Waals surface area (Å²) in [4.78, 5) is 21.3. The number of aromatic nitrogens is 1. The molecule has 0 amide bonds. The summed E-state index contributed by atoms with van der Waals surface area (Å²) in [7, 11) is -1.77. The second-order valence-corrected chi connectivity index (χ2v) is 9.32. The first kappa shape index (κ1) is 22.8. The monoisotopic (exact) mass is 438 g/mol. The summed E-state index contributed by atoms with van der Waals surface area (Å²) in [6.45, 7) is 5.92. The number of aryl methyl sites for hydroxylation is 1. The molecule has 0 aliphatic rings. The molecule has 29 heavy (non-hydrogen) atoms. The molecule has 2 rings (SSSR count). The molecule has 0 aliphatic heterocycles. The van der Waals surface area contributed by atoms with Gasteiger partial charge in [0.2, 0.25) is 0 Å². The summed E-state index contributed by atoms with van der Waals surface area (Å²) >= 11 is 1.27. The number of nitrogens with zero attached hydrogens (tertiary/aromatic N) is 2. The normalized spacial score (nSPS) is 13.0. The van der Waals surface area contributed by atoms with Crippen LogP contribution in [0.2, 0.25) is 0 Å². The van der Waals surface area contributed by atoms with E-state index >= 15 is 0 Å². The number of hydrogen-bond donors (Lipinski definition) is 2. The van der Waals surface area contributed by atoms with Crippen LogP contribution in [-0.4, -0.2) is 51.3 Å². The molecule has 2 N–H and O–H groups in total. The number of nitrogens with one attached hydrogen (secondary N) is 2. The van der Waals surface area contributed by atoms with E-state index in [4.69, 9.17) is 4.74 Å². The first-order valence-electron chi connectivity index (χ1n) is 9.18. The molecule has 158 valence electrons. The smallest absolute Gasteiger partial charge is 0.350 e. The zero-order valence-corrected chi connectivity index (χ0v) is 18.6. The van der Waals surface area contributed by atoms with E-state index in [1.807, 2.05) is 6.92 Å². The van der Waals surface area contributed by atoms with Gasteiger partial charge in [-0.15, -0.1) is 11.3 Å². The lowest BCUT2D eigenvalue weighted by Gasteiger charge is -2.16. The van der Waals surface area contributed by atoms with Crippen molar-refractivity contribution in [3.05, 3.63) is 45.9 Å². The van der Waals surface area contributed by atoms with Crippen LogP contribution in [0, 0.1) is 6.92 Å². The maximum atomic E-state index is 12.4. The minimum absolute atomic E-state index is 0.0601. The average molecular weight is 439 g/mol. The number of carbonyl (C=O) groups excluding carboxylic acids is 1. The number of aliphatic imine (C=N–C) groups is 1. The number of esters is 1. The lowest BCUT2D eigenvalue weighted by Crippen LogP contribution is -2.40. The summed E-state index contributed by atoms with van der Waals surface area (Å²) in [5, 5.41) is 6.88. The molecule has 0 bridgehead atoms. The van der Waals surface area contributed by atoms with Gasteiger partial charge < -0.3 is 15.4 Å². The van der Waals surface area contributed by atoms with Crippen LogP contribution in [0.3, 0.4) is 0 Å². The topological polar surface area (TPSA) is 110 Å². The Morgan fingerprint density at radius 1 is 1.31 bits per heavy atom. The number of carbonyl (C=O) groups is 1. The van der Waals surface area contributed by atoms with E-state index in [9.17, 15) is 13.2 Å². The maximum absolute atomic E-state index is 12.4. The Morgan fingerprint density at radius 2 is 2.00 bits per heavy atom. The molecule has 0 aliphatic carbocycles. The van der Waals surface area contributed by atoms with Crippen LogP contribution >= 0.6 is 11.3 Å². The highest BCUT2D eigenvalue weighted by molar-refractivity contribution is 7.91. The molecule has 0 saturated carbocycles. The first-order chi connectivity index (χ1) is 13.8. The molecular weight excluding hydrogens is 412 g/mol. The number of hydrogen-bond acceptors (Lipinski definition) is 7. The van der Waals surface area contributed by atoms with Gasteiger partial charge in [0.05, 0.1) is 29.0 Å². The van der Waals surface area contributed by atoms with Crippen LogP contribution in [0.15, 0.2) is 40.2 Å². The van der Waals surface area contributed by atoms with Gasteiger partial charge in [-0.25, -0.2) is 18.2 Å². The second kappa shape index (κ2) is 10.4. The van der Waals surface area contributed by atoms with Crippen molar-refractivity contribution in [2.24, 2.45) is 4.99 Å². The van der Waals surface area contributed by atoms with E-state index in [0.717, 1.165) is 0 Å². The van der Waals surface area contributed by atoms with Gasteiger partial charge in [0, 0.05) is 13.6 Å². The highest BCUT2D eigenvalue weighted by Crippen LogP contribution is 2.24. The van der Waals surface area contributed by atoms with Crippen molar-refractivity contribution in [3.63, 3.8) is 0 Å². The Hall–Kier alpha value is -2.46. The molecule has 0 saturated heterocycles. The fraction of sp³-hybridized carbons (Fsp3) is 0.421. The zero-order chi connectivity index (χ0) is 21.4. The van der Waals surface area contributed by atoms with Crippen molar-refractivity contribution in [3.8, 4) is 0 Å². The van der Waals surface area contributed by atoms with Crippen LogP contribution in [0.25, 0.3) is 0 Å². The third-order valence-electron chi connectivity index (χ3n) is 3.99. The van der Waals surface area contributed by atoms with Crippen molar-refractivity contribution in [1.82, 2.24) is 15.6 Å². The van der Waals surface area contributed by atoms with Gasteiger partial charge in [-0.05, 0) is 32.9 Å². The molecule has 1 unspecified atom stereocenters. The summed E-state index contributed by atoms with van der Waals surface area (Å²) in [5.74, 6) is 0.0102. The molecule has 0 radical (unpaired) electrons.